The van der Waals surface area contributed by atoms with Crippen LogP contribution in [0.15, 0.2) is 24.3 Å². The van der Waals surface area contributed by atoms with Crippen molar-refractivity contribution in [1.82, 2.24) is 5.32 Å². The maximum Gasteiger partial charge on any atom is 0.223 e. The van der Waals surface area contributed by atoms with Crippen molar-refractivity contribution < 1.29 is 4.79 Å². The molecule has 3 rings (SSSR count). The first kappa shape index (κ1) is 13.0. The molecule has 0 radical (unpaired) electrons. The first-order valence-corrected chi connectivity index (χ1v) is 7.61. The Balaban J connectivity index is 1.62. The normalized spacial score (nSPS) is 29.7. The topological polar surface area (TPSA) is 29.1 Å². The summed E-state index contributed by atoms with van der Waals surface area (Å²) < 4.78 is 0. The molecule has 102 valence electrons. The van der Waals surface area contributed by atoms with Crippen LogP contribution in [0.1, 0.15) is 44.2 Å². The Hall–Kier alpha value is -1.02. The van der Waals surface area contributed by atoms with Gasteiger partial charge in [0.2, 0.25) is 5.91 Å². The predicted molar refractivity (Wildman–Crippen MR) is 76.9 cm³/mol. The zero-order chi connectivity index (χ0) is 13.4. The molecular weight excluding hydrogens is 258 g/mol. The number of rotatable bonds is 4. The first-order chi connectivity index (χ1) is 9.17. The van der Waals surface area contributed by atoms with Crippen LogP contribution in [0.5, 0.6) is 0 Å². The number of nitrogens with one attached hydrogen (secondary N) is 1. The lowest BCUT2D eigenvalue weighted by Crippen LogP contribution is -2.33. The minimum atomic E-state index is 0.113. The predicted octanol–water partition coefficient (Wildman–Crippen LogP) is 3.95. The van der Waals surface area contributed by atoms with Gasteiger partial charge in [-0.25, -0.2) is 0 Å². The summed E-state index contributed by atoms with van der Waals surface area (Å²) in [6.45, 7) is 2.10. The van der Waals surface area contributed by atoms with E-state index in [0.717, 1.165) is 41.7 Å². The SMILES string of the molecule is CCC(NC(=O)C1CC2CC2C1)c1ccc(Cl)cc1. The van der Waals surface area contributed by atoms with Gasteiger partial charge in [0, 0.05) is 10.9 Å². The van der Waals surface area contributed by atoms with Gasteiger partial charge >= 0.3 is 0 Å². The van der Waals surface area contributed by atoms with Gasteiger partial charge in [-0.1, -0.05) is 30.7 Å². The molecule has 0 aliphatic heterocycles. The van der Waals surface area contributed by atoms with Crippen LogP contribution in [0.4, 0.5) is 0 Å². The zero-order valence-corrected chi connectivity index (χ0v) is 12.0. The van der Waals surface area contributed by atoms with Gasteiger partial charge in [0.1, 0.15) is 0 Å². The Morgan fingerprint density at radius 1 is 1.26 bits per heavy atom. The van der Waals surface area contributed by atoms with Crippen LogP contribution in [-0.4, -0.2) is 5.91 Å². The Bertz CT molecular complexity index is 460. The van der Waals surface area contributed by atoms with Gasteiger partial charge in [-0.15, -0.1) is 0 Å². The van der Waals surface area contributed by atoms with Gasteiger partial charge in [-0.05, 0) is 55.2 Å². The van der Waals surface area contributed by atoms with Crippen molar-refractivity contribution in [3.8, 4) is 0 Å². The third-order valence-corrected chi connectivity index (χ3v) is 4.86. The maximum atomic E-state index is 12.3. The van der Waals surface area contributed by atoms with E-state index in [2.05, 4.69) is 12.2 Å². The van der Waals surface area contributed by atoms with Crippen molar-refractivity contribution in [1.29, 1.82) is 0 Å². The van der Waals surface area contributed by atoms with E-state index >= 15 is 0 Å². The molecule has 0 aromatic heterocycles. The highest BCUT2D eigenvalue weighted by atomic mass is 35.5. The second-order valence-electron chi connectivity index (χ2n) is 5.95. The van der Waals surface area contributed by atoms with Gasteiger partial charge in [0.15, 0.2) is 0 Å². The largest absolute Gasteiger partial charge is 0.349 e. The quantitative estimate of drug-likeness (QED) is 0.887. The summed E-state index contributed by atoms with van der Waals surface area (Å²) in [5.41, 5.74) is 1.14. The molecule has 3 atom stereocenters. The fraction of sp³-hybridized carbons (Fsp3) is 0.562. The molecule has 0 heterocycles. The third-order valence-electron chi connectivity index (χ3n) is 4.61. The van der Waals surface area contributed by atoms with Crippen molar-refractivity contribution in [2.75, 3.05) is 0 Å². The standard InChI is InChI=1S/C16H20ClNO/c1-2-15(10-3-5-14(17)6-4-10)18-16(19)13-8-11-7-12(11)9-13/h3-6,11-13,15H,2,7-9H2,1H3,(H,18,19). The molecule has 1 amide bonds. The Morgan fingerprint density at radius 2 is 1.89 bits per heavy atom. The smallest absolute Gasteiger partial charge is 0.223 e. The number of carbonyl (C=O) groups is 1. The second-order valence-corrected chi connectivity index (χ2v) is 6.38. The zero-order valence-electron chi connectivity index (χ0n) is 11.2. The van der Waals surface area contributed by atoms with Crippen LogP contribution in [0.25, 0.3) is 0 Å². The lowest BCUT2D eigenvalue weighted by Gasteiger charge is -2.20. The van der Waals surface area contributed by atoms with Crippen molar-refractivity contribution in [3.05, 3.63) is 34.9 Å². The molecule has 0 saturated heterocycles. The van der Waals surface area contributed by atoms with Crippen LogP contribution >= 0.6 is 11.6 Å². The molecule has 2 aliphatic carbocycles. The summed E-state index contributed by atoms with van der Waals surface area (Å²) in [7, 11) is 0. The summed E-state index contributed by atoms with van der Waals surface area (Å²) in [6.07, 6.45) is 4.48. The van der Waals surface area contributed by atoms with Crippen molar-refractivity contribution in [2.45, 2.75) is 38.6 Å². The van der Waals surface area contributed by atoms with E-state index in [9.17, 15) is 4.79 Å². The highest BCUT2D eigenvalue weighted by Gasteiger charge is 2.48. The molecule has 0 spiro atoms. The molecule has 1 N–H and O–H groups in total. The first-order valence-electron chi connectivity index (χ1n) is 7.23. The molecule has 1 aromatic rings. The van der Waals surface area contributed by atoms with E-state index in [1.54, 1.807) is 0 Å². The molecule has 3 unspecified atom stereocenters. The fourth-order valence-electron chi connectivity index (χ4n) is 3.33. The van der Waals surface area contributed by atoms with Gasteiger partial charge < -0.3 is 5.32 Å². The number of hydrogen-bond acceptors (Lipinski definition) is 1. The number of benzene rings is 1. The highest BCUT2D eigenvalue weighted by molar-refractivity contribution is 6.30. The number of fused-ring (bicyclic) bond motifs is 1. The molecule has 1 aromatic carbocycles. The van der Waals surface area contributed by atoms with Gasteiger partial charge in [0.05, 0.1) is 6.04 Å². The summed E-state index contributed by atoms with van der Waals surface area (Å²) in [4.78, 5) is 12.3. The fourth-order valence-corrected chi connectivity index (χ4v) is 3.46. The van der Waals surface area contributed by atoms with Crippen molar-refractivity contribution in [3.63, 3.8) is 0 Å². The average Bonchev–Trinajstić information content (AvgIpc) is 3.03. The van der Waals surface area contributed by atoms with Crippen molar-refractivity contribution in [2.24, 2.45) is 17.8 Å². The van der Waals surface area contributed by atoms with Crippen LogP contribution in [0.3, 0.4) is 0 Å². The lowest BCUT2D eigenvalue weighted by atomic mass is 9.99. The molecule has 2 saturated carbocycles. The minimum absolute atomic E-state index is 0.113. The number of amides is 1. The third kappa shape index (κ3) is 2.79. The molecule has 2 nitrogen and oxygen atoms in total. The van der Waals surface area contributed by atoms with E-state index in [4.69, 9.17) is 11.6 Å². The Morgan fingerprint density at radius 3 is 2.47 bits per heavy atom. The average molecular weight is 278 g/mol. The molecule has 3 heteroatoms. The summed E-state index contributed by atoms with van der Waals surface area (Å²) in [5, 5.41) is 3.94. The van der Waals surface area contributed by atoms with E-state index < -0.39 is 0 Å². The van der Waals surface area contributed by atoms with Crippen molar-refractivity contribution >= 4 is 17.5 Å². The van der Waals surface area contributed by atoms with Crippen LogP contribution < -0.4 is 5.32 Å². The van der Waals surface area contributed by atoms with Crippen LogP contribution in [0.2, 0.25) is 5.02 Å². The van der Waals surface area contributed by atoms with E-state index in [-0.39, 0.29) is 17.9 Å². The number of halogens is 1. The number of carbonyl (C=O) groups excluding carboxylic acids is 1. The Kier molecular flexibility index (Phi) is 3.53. The highest BCUT2D eigenvalue weighted by Crippen LogP contribution is 2.54. The molecular formula is C16H20ClNO. The van der Waals surface area contributed by atoms with E-state index in [0.29, 0.717) is 0 Å². The van der Waals surface area contributed by atoms with E-state index in [1.165, 1.54) is 6.42 Å². The van der Waals surface area contributed by atoms with Gasteiger partial charge in [-0.3, -0.25) is 4.79 Å². The summed E-state index contributed by atoms with van der Waals surface area (Å²) >= 11 is 5.90. The second kappa shape index (κ2) is 5.16. The van der Waals surface area contributed by atoms with E-state index in [1.807, 2.05) is 24.3 Å². The Labute approximate surface area is 119 Å². The lowest BCUT2D eigenvalue weighted by molar-refractivity contribution is -0.125. The van der Waals surface area contributed by atoms with Gasteiger partial charge in [0.25, 0.3) is 0 Å². The van der Waals surface area contributed by atoms with Crippen LogP contribution in [0, 0.1) is 17.8 Å². The molecule has 2 fully saturated rings. The molecule has 2 aliphatic rings. The maximum absolute atomic E-state index is 12.3. The van der Waals surface area contributed by atoms with Gasteiger partial charge in [-0.2, -0.15) is 0 Å². The molecule has 19 heavy (non-hydrogen) atoms. The summed E-state index contributed by atoms with van der Waals surface area (Å²) in [5.74, 6) is 2.21. The monoisotopic (exact) mass is 277 g/mol. The number of hydrogen-bond donors (Lipinski definition) is 1. The summed E-state index contributed by atoms with van der Waals surface area (Å²) in [6, 6.07) is 7.89. The minimum Gasteiger partial charge on any atom is -0.349 e. The molecule has 0 bridgehead atoms. The van der Waals surface area contributed by atoms with Crippen LogP contribution in [-0.2, 0) is 4.79 Å².